The molecule has 0 aliphatic rings. The minimum Gasteiger partial charge on any atom is -0.285 e. The van der Waals surface area contributed by atoms with E-state index in [0.29, 0.717) is 12.1 Å². The number of unbranched alkanes of at least 4 members (excludes halogenated alkanes) is 1. The van der Waals surface area contributed by atoms with Crippen LogP contribution in [0.5, 0.6) is 0 Å². The second-order valence-corrected chi connectivity index (χ2v) is 4.19. The normalized spacial score (nSPS) is 12.4. The van der Waals surface area contributed by atoms with Crippen molar-refractivity contribution in [2.45, 2.75) is 32.7 Å². The third kappa shape index (κ3) is 3.51. The summed E-state index contributed by atoms with van der Waals surface area (Å²) in [6.07, 6.45) is 2.02. The molecule has 1 aromatic rings. The van der Waals surface area contributed by atoms with Crippen LogP contribution in [0, 0.1) is 23.0 Å². The van der Waals surface area contributed by atoms with E-state index in [4.69, 9.17) is 0 Å². The Hall–Kier alpha value is -1.47. The lowest BCUT2D eigenvalue weighted by Gasteiger charge is -2.25. The average Bonchev–Trinajstić information content (AvgIpc) is 2.38. The van der Waals surface area contributed by atoms with Crippen molar-refractivity contribution in [2.24, 2.45) is 0 Å². The second-order valence-electron chi connectivity index (χ2n) is 4.19. The first kappa shape index (κ1) is 14.6. The van der Waals surface area contributed by atoms with Crippen molar-refractivity contribution < 1.29 is 8.78 Å². The summed E-state index contributed by atoms with van der Waals surface area (Å²) in [5.41, 5.74) is 0.509. The molecule has 0 N–H and O–H groups in total. The van der Waals surface area contributed by atoms with Gasteiger partial charge < -0.3 is 0 Å². The minimum atomic E-state index is -0.903. The van der Waals surface area contributed by atoms with E-state index in [2.05, 4.69) is 13.0 Å². The van der Waals surface area contributed by atoms with Gasteiger partial charge in [-0.2, -0.15) is 5.26 Å². The molecule has 0 fully saturated rings. The summed E-state index contributed by atoms with van der Waals surface area (Å²) in [6, 6.07) is 5.30. The van der Waals surface area contributed by atoms with Gasteiger partial charge in [0.05, 0.1) is 6.07 Å². The Labute approximate surface area is 107 Å². The van der Waals surface area contributed by atoms with Crippen molar-refractivity contribution in [3.8, 4) is 6.07 Å². The van der Waals surface area contributed by atoms with Crippen molar-refractivity contribution in [3.05, 3.63) is 35.4 Å². The molecule has 0 saturated carbocycles. The van der Waals surface area contributed by atoms with Crippen LogP contribution in [-0.2, 0) is 0 Å². The van der Waals surface area contributed by atoms with Gasteiger partial charge in [-0.15, -0.1) is 0 Å². The number of benzene rings is 1. The third-order valence-corrected chi connectivity index (χ3v) is 2.95. The highest BCUT2D eigenvalue weighted by Crippen LogP contribution is 2.22. The number of nitriles is 1. The summed E-state index contributed by atoms with van der Waals surface area (Å²) in [4.78, 5) is 1.97. The van der Waals surface area contributed by atoms with Crippen molar-refractivity contribution in [1.29, 1.82) is 5.26 Å². The van der Waals surface area contributed by atoms with Gasteiger partial charge in [-0.1, -0.05) is 26.3 Å². The predicted octanol–water partition coefficient (Wildman–Crippen LogP) is 3.65. The van der Waals surface area contributed by atoms with Crippen LogP contribution in [0.4, 0.5) is 8.78 Å². The smallest absolute Gasteiger partial charge is 0.159 e. The van der Waals surface area contributed by atoms with Gasteiger partial charge in [0.1, 0.15) is 6.04 Å². The van der Waals surface area contributed by atoms with Crippen molar-refractivity contribution in [2.75, 3.05) is 13.1 Å². The molecule has 0 heterocycles. The minimum absolute atomic E-state index is 0.509. The fourth-order valence-corrected chi connectivity index (χ4v) is 1.88. The summed E-state index contributed by atoms with van der Waals surface area (Å²) >= 11 is 0. The predicted molar refractivity (Wildman–Crippen MR) is 66.9 cm³/mol. The van der Waals surface area contributed by atoms with Crippen LogP contribution in [0.15, 0.2) is 18.2 Å². The van der Waals surface area contributed by atoms with Crippen LogP contribution in [-0.4, -0.2) is 18.0 Å². The van der Waals surface area contributed by atoms with E-state index in [9.17, 15) is 14.0 Å². The lowest BCUT2D eigenvalue weighted by Crippen LogP contribution is -2.29. The Bertz CT molecular complexity index is 426. The molecule has 1 rings (SSSR count). The third-order valence-electron chi connectivity index (χ3n) is 2.95. The standard InChI is InChI=1S/C14H18F2N2/c1-3-5-8-18(4-2)14(10-17)11-6-7-12(15)13(16)9-11/h6-7,9,14H,3-5,8H2,1-2H3. The highest BCUT2D eigenvalue weighted by Gasteiger charge is 2.19. The molecular weight excluding hydrogens is 234 g/mol. The van der Waals surface area contributed by atoms with Crippen LogP contribution in [0.2, 0.25) is 0 Å². The molecule has 0 aromatic heterocycles. The van der Waals surface area contributed by atoms with Gasteiger partial charge in [-0.05, 0) is 37.2 Å². The summed E-state index contributed by atoms with van der Waals surface area (Å²) < 4.78 is 26.1. The van der Waals surface area contributed by atoms with Crippen LogP contribution in [0.3, 0.4) is 0 Å². The summed E-state index contributed by atoms with van der Waals surface area (Å²) in [7, 11) is 0. The fraction of sp³-hybridized carbons (Fsp3) is 0.500. The quantitative estimate of drug-likeness (QED) is 0.772. The molecule has 0 saturated heterocycles. The molecule has 0 radical (unpaired) electrons. The van der Waals surface area contributed by atoms with Gasteiger partial charge in [0.25, 0.3) is 0 Å². The first-order valence-electron chi connectivity index (χ1n) is 6.22. The van der Waals surface area contributed by atoms with Gasteiger partial charge in [0.2, 0.25) is 0 Å². The monoisotopic (exact) mass is 252 g/mol. The maximum Gasteiger partial charge on any atom is 0.159 e. The molecule has 0 amide bonds. The number of nitrogens with zero attached hydrogens (tertiary/aromatic N) is 2. The zero-order chi connectivity index (χ0) is 13.5. The largest absolute Gasteiger partial charge is 0.285 e. The molecule has 0 bridgehead atoms. The second kappa shape index (κ2) is 7.07. The maximum atomic E-state index is 13.2. The first-order chi connectivity index (χ1) is 8.63. The first-order valence-corrected chi connectivity index (χ1v) is 6.22. The van der Waals surface area contributed by atoms with Crippen LogP contribution < -0.4 is 0 Å². The van der Waals surface area contributed by atoms with Gasteiger partial charge in [0, 0.05) is 0 Å². The summed E-state index contributed by atoms with van der Waals surface area (Å²) in [5.74, 6) is -1.79. The Morgan fingerprint density at radius 3 is 2.50 bits per heavy atom. The lowest BCUT2D eigenvalue weighted by atomic mass is 10.1. The Morgan fingerprint density at radius 2 is 2.00 bits per heavy atom. The molecule has 2 nitrogen and oxygen atoms in total. The van der Waals surface area contributed by atoms with Gasteiger partial charge >= 0.3 is 0 Å². The van der Waals surface area contributed by atoms with Crippen LogP contribution >= 0.6 is 0 Å². The molecule has 0 aliphatic carbocycles. The van der Waals surface area contributed by atoms with Gasteiger partial charge in [-0.3, -0.25) is 4.90 Å². The van der Waals surface area contributed by atoms with E-state index in [0.717, 1.165) is 31.5 Å². The summed E-state index contributed by atoms with van der Waals surface area (Å²) in [5, 5.41) is 9.23. The number of hydrogen-bond acceptors (Lipinski definition) is 2. The number of hydrogen-bond donors (Lipinski definition) is 0. The van der Waals surface area contributed by atoms with E-state index in [-0.39, 0.29) is 0 Å². The van der Waals surface area contributed by atoms with Crippen LogP contribution in [0.1, 0.15) is 38.3 Å². The SMILES string of the molecule is CCCCN(CC)C(C#N)c1ccc(F)c(F)c1. The van der Waals surface area contributed by atoms with E-state index >= 15 is 0 Å². The number of rotatable bonds is 6. The van der Waals surface area contributed by atoms with E-state index < -0.39 is 17.7 Å². The Morgan fingerprint density at radius 1 is 1.28 bits per heavy atom. The highest BCUT2D eigenvalue weighted by molar-refractivity contribution is 5.25. The van der Waals surface area contributed by atoms with Crippen molar-refractivity contribution >= 4 is 0 Å². The van der Waals surface area contributed by atoms with Crippen LogP contribution in [0.25, 0.3) is 0 Å². The fourth-order valence-electron chi connectivity index (χ4n) is 1.88. The molecular formula is C14H18F2N2. The zero-order valence-corrected chi connectivity index (χ0v) is 10.8. The molecule has 0 spiro atoms. The van der Waals surface area contributed by atoms with Gasteiger partial charge in [0.15, 0.2) is 11.6 Å². The molecule has 1 atom stereocenters. The lowest BCUT2D eigenvalue weighted by molar-refractivity contribution is 0.244. The van der Waals surface area contributed by atoms with Crippen molar-refractivity contribution in [3.63, 3.8) is 0 Å². The van der Waals surface area contributed by atoms with E-state index in [1.54, 1.807) is 0 Å². The van der Waals surface area contributed by atoms with Gasteiger partial charge in [-0.25, -0.2) is 8.78 Å². The van der Waals surface area contributed by atoms with Crippen molar-refractivity contribution in [1.82, 2.24) is 4.90 Å². The number of halogens is 2. The topological polar surface area (TPSA) is 27.0 Å². The molecule has 1 unspecified atom stereocenters. The highest BCUT2D eigenvalue weighted by atomic mass is 19.2. The van der Waals surface area contributed by atoms with E-state index in [1.165, 1.54) is 6.07 Å². The molecule has 0 aliphatic heterocycles. The molecule has 4 heteroatoms. The molecule has 1 aromatic carbocycles. The molecule has 18 heavy (non-hydrogen) atoms. The zero-order valence-electron chi connectivity index (χ0n) is 10.8. The average molecular weight is 252 g/mol. The Kier molecular flexibility index (Phi) is 5.73. The maximum absolute atomic E-state index is 13.2. The Balaban J connectivity index is 2.93. The summed E-state index contributed by atoms with van der Waals surface area (Å²) in [6.45, 7) is 5.52. The molecule has 98 valence electrons. The van der Waals surface area contributed by atoms with E-state index in [1.807, 2.05) is 11.8 Å².